The van der Waals surface area contributed by atoms with Crippen molar-refractivity contribution in [1.29, 1.82) is 0 Å². The molecule has 1 aromatic heterocycles. The second-order valence-corrected chi connectivity index (χ2v) is 4.05. The summed E-state index contributed by atoms with van der Waals surface area (Å²) in [4.78, 5) is 4.37. The number of rotatable bonds is 0. The summed E-state index contributed by atoms with van der Waals surface area (Å²) in [5.41, 5.74) is 2.35. The van der Waals surface area contributed by atoms with E-state index < -0.39 is 0 Å². The summed E-state index contributed by atoms with van der Waals surface area (Å²) in [6.07, 6.45) is 1.90. The molecule has 1 aromatic carbocycles. The molecule has 1 nitrogen and oxygen atoms in total. The van der Waals surface area contributed by atoms with E-state index in [0.29, 0.717) is 0 Å². The van der Waals surface area contributed by atoms with Gasteiger partial charge in [0.2, 0.25) is 0 Å². The van der Waals surface area contributed by atoms with Crippen LogP contribution in [0.4, 0.5) is 0 Å². The molecule has 60 valence electrons. The average Bonchev–Trinajstić information content (AvgIpc) is 2.04. The highest BCUT2D eigenvalue weighted by atomic mass is 127. The first kappa shape index (κ1) is 7.98. The van der Waals surface area contributed by atoms with Crippen molar-refractivity contribution in [2.75, 3.05) is 0 Å². The smallest absolute Gasteiger partial charge is 0.0731 e. The molecule has 0 fully saturated rings. The molecular weight excluding hydrogens is 261 g/mol. The highest BCUT2D eigenvalue weighted by Gasteiger charge is 1.97. The Kier molecular flexibility index (Phi) is 2.00. The van der Waals surface area contributed by atoms with Gasteiger partial charge in [-0.2, -0.15) is 0 Å². The maximum atomic E-state index is 4.37. The predicted octanol–water partition coefficient (Wildman–Crippen LogP) is 3.15. The molecule has 12 heavy (non-hydrogen) atoms. The monoisotopic (exact) mass is 269 g/mol. The van der Waals surface area contributed by atoms with Crippen LogP contribution in [-0.2, 0) is 0 Å². The van der Waals surface area contributed by atoms with E-state index in [0.717, 1.165) is 5.52 Å². The van der Waals surface area contributed by atoms with Gasteiger partial charge in [-0.25, -0.2) is 0 Å². The molecule has 0 saturated carbocycles. The van der Waals surface area contributed by atoms with Crippen LogP contribution in [0.25, 0.3) is 10.9 Å². The summed E-state index contributed by atoms with van der Waals surface area (Å²) in [6, 6.07) is 8.39. The number of aromatic nitrogens is 1. The number of hydrogen-bond donors (Lipinski definition) is 0. The van der Waals surface area contributed by atoms with Crippen LogP contribution in [0, 0.1) is 10.5 Å². The summed E-state index contributed by atoms with van der Waals surface area (Å²) < 4.78 is 1.19. The van der Waals surface area contributed by atoms with E-state index in [2.05, 4.69) is 58.8 Å². The standard InChI is InChI=1S/C10H8IN/c1-7-3-2-4-8-5-9(11)6-12-10(7)8/h2-6H,1H3. The van der Waals surface area contributed by atoms with Gasteiger partial charge >= 0.3 is 0 Å². The van der Waals surface area contributed by atoms with Crippen LogP contribution in [0.3, 0.4) is 0 Å². The van der Waals surface area contributed by atoms with Crippen molar-refractivity contribution in [3.05, 3.63) is 39.6 Å². The van der Waals surface area contributed by atoms with Crippen molar-refractivity contribution in [2.24, 2.45) is 0 Å². The lowest BCUT2D eigenvalue weighted by molar-refractivity contribution is 1.35. The maximum Gasteiger partial charge on any atom is 0.0731 e. The molecule has 0 spiro atoms. The number of benzene rings is 1. The Bertz CT molecular complexity index is 423. The zero-order valence-electron chi connectivity index (χ0n) is 6.71. The second-order valence-electron chi connectivity index (χ2n) is 2.80. The third-order valence-corrected chi connectivity index (χ3v) is 2.47. The zero-order valence-corrected chi connectivity index (χ0v) is 8.87. The Balaban J connectivity index is 2.86. The van der Waals surface area contributed by atoms with Gasteiger partial charge in [0.05, 0.1) is 5.52 Å². The molecule has 1 heterocycles. The minimum Gasteiger partial charge on any atom is -0.255 e. The van der Waals surface area contributed by atoms with E-state index in [-0.39, 0.29) is 0 Å². The number of nitrogens with zero attached hydrogens (tertiary/aromatic N) is 1. The van der Waals surface area contributed by atoms with E-state index >= 15 is 0 Å². The number of hydrogen-bond acceptors (Lipinski definition) is 1. The highest BCUT2D eigenvalue weighted by Crippen LogP contribution is 2.17. The topological polar surface area (TPSA) is 12.9 Å². The lowest BCUT2D eigenvalue weighted by atomic mass is 10.1. The van der Waals surface area contributed by atoms with Crippen LogP contribution >= 0.6 is 22.6 Å². The van der Waals surface area contributed by atoms with Gasteiger partial charge in [-0.15, -0.1) is 0 Å². The fourth-order valence-electron chi connectivity index (χ4n) is 1.29. The average molecular weight is 269 g/mol. The molecule has 0 saturated heterocycles. The zero-order chi connectivity index (χ0) is 8.55. The molecule has 0 amide bonds. The number of pyridine rings is 1. The van der Waals surface area contributed by atoms with Gasteiger partial charge in [0.25, 0.3) is 0 Å². The van der Waals surface area contributed by atoms with Crippen molar-refractivity contribution < 1.29 is 0 Å². The first-order valence-corrected chi connectivity index (χ1v) is 4.86. The van der Waals surface area contributed by atoms with Crippen LogP contribution in [0.5, 0.6) is 0 Å². The van der Waals surface area contributed by atoms with Gasteiger partial charge in [-0.1, -0.05) is 18.2 Å². The lowest BCUT2D eigenvalue weighted by Crippen LogP contribution is -1.83. The highest BCUT2D eigenvalue weighted by molar-refractivity contribution is 14.1. The third-order valence-electron chi connectivity index (χ3n) is 1.88. The third kappa shape index (κ3) is 1.31. The molecule has 2 aromatic rings. The van der Waals surface area contributed by atoms with Gasteiger partial charge < -0.3 is 0 Å². The SMILES string of the molecule is Cc1cccc2cc(I)cnc12. The van der Waals surface area contributed by atoms with Crippen molar-refractivity contribution in [3.63, 3.8) is 0 Å². The number of fused-ring (bicyclic) bond motifs is 1. The lowest BCUT2D eigenvalue weighted by Gasteiger charge is -1.99. The minimum absolute atomic E-state index is 1.11. The summed E-state index contributed by atoms with van der Waals surface area (Å²) in [5, 5.41) is 1.22. The molecule has 0 N–H and O–H groups in total. The number of halogens is 1. The molecule has 0 atom stereocenters. The van der Waals surface area contributed by atoms with Crippen molar-refractivity contribution in [2.45, 2.75) is 6.92 Å². The summed E-state index contributed by atoms with van der Waals surface area (Å²) >= 11 is 2.28. The fourth-order valence-corrected chi connectivity index (χ4v) is 1.76. The van der Waals surface area contributed by atoms with E-state index in [9.17, 15) is 0 Å². The Labute approximate surface area is 85.0 Å². The Hall–Kier alpha value is -0.640. The minimum atomic E-state index is 1.11. The van der Waals surface area contributed by atoms with Gasteiger partial charge in [0.15, 0.2) is 0 Å². The quantitative estimate of drug-likeness (QED) is 0.669. The molecule has 2 heteroatoms. The fraction of sp³-hybridized carbons (Fsp3) is 0.100. The Morgan fingerprint density at radius 2 is 2.17 bits per heavy atom. The summed E-state index contributed by atoms with van der Waals surface area (Å²) in [5.74, 6) is 0. The van der Waals surface area contributed by atoms with E-state index in [1.54, 1.807) is 0 Å². The largest absolute Gasteiger partial charge is 0.255 e. The van der Waals surface area contributed by atoms with Gasteiger partial charge in [0.1, 0.15) is 0 Å². The van der Waals surface area contributed by atoms with Crippen molar-refractivity contribution in [3.8, 4) is 0 Å². The van der Waals surface area contributed by atoms with Crippen molar-refractivity contribution in [1.82, 2.24) is 4.98 Å². The van der Waals surface area contributed by atoms with Gasteiger partial charge in [-0.3, -0.25) is 4.98 Å². The molecule has 0 bridgehead atoms. The van der Waals surface area contributed by atoms with Crippen LogP contribution in [0.1, 0.15) is 5.56 Å². The molecule has 0 unspecified atom stereocenters. The molecule has 0 radical (unpaired) electrons. The molecular formula is C10H8IN. The Morgan fingerprint density at radius 3 is 3.00 bits per heavy atom. The van der Waals surface area contributed by atoms with Crippen molar-refractivity contribution >= 4 is 33.5 Å². The first-order valence-electron chi connectivity index (χ1n) is 3.78. The van der Waals surface area contributed by atoms with Gasteiger partial charge in [-0.05, 0) is 41.1 Å². The first-order chi connectivity index (χ1) is 5.77. The Morgan fingerprint density at radius 1 is 1.33 bits per heavy atom. The van der Waals surface area contributed by atoms with E-state index in [4.69, 9.17) is 0 Å². The van der Waals surface area contributed by atoms with E-state index in [1.165, 1.54) is 14.5 Å². The van der Waals surface area contributed by atoms with Crippen LogP contribution in [0.2, 0.25) is 0 Å². The molecule has 0 aliphatic heterocycles. The number of para-hydroxylation sites is 1. The van der Waals surface area contributed by atoms with Gasteiger partial charge in [0, 0.05) is 15.2 Å². The summed E-state index contributed by atoms with van der Waals surface area (Å²) in [7, 11) is 0. The second kappa shape index (κ2) is 3.01. The number of aryl methyl sites for hydroxylation is 1. The van der Waals surface area contributed by atoms with Crippen LogP contribution in [0.15, 0.2) is 30.5 Å². The molecule has 0 aliphatic rings. The molecule has 0 aliphatic carbocycles. The predicted molar refractivity (Wildman–Crippen MR) is 59.2 cm³/mol. The molecule has 2 rings (SSSR count). The van der Waals surface area contributed by atoms with E-state index in [1.807, 2.05) is 6.20 Å². The van der Waals surface area contributed by atoms with Crippen LogP contribution in [-0.4, -0.2) is 4.98 Å². The van der Waals surface area contributed by atoms with Crippen LogP contribution < -0.4 is 0 Å². The summed E-state index contributed by atoms with van der Waals surface area (Å²) in [6.45, 7) is 2.09. The maximum absolute atomic E-state index is 4.37. The normalized spacial score (nSPS) is 10.5.